The summed E-state index contributed by atoms with van der Waals surface area (Å²) in [5, 5.41) is 2.62. The van der Waals surface area contributed by atoms with Crippen LogP contribution in [0.25, 0.3) is 22.4 Å². The van der Waals surface area contributed by atoms with Crippen LogP contribution >= 0.6 is 0 Å². The number of nitrogens with one attached hydrogen (secondary N) is 1. The number of halogens is 1. The van der Waals surface area contributed by atoms with Crippen molar-refractivity contribution in [2.75, 3.05) is 18.0 Å². The summed E-state index contributed by atoms with van der Waals surface area (Å²) < 4.78 is 41.1. The molecular formula is C25H21FN4O3S. The fourth-order valence-electron chi connectivity index (χ4n) is 3.44. The van der Waals surface area contributed by atoms with Crippen LogP contribution in [0.5, 0.6) is 0 Å². The summed E-state index contributed by atoms with van der Waals surface area (Å²) in [7, 11) is -3.77. The molecule has 0 saturated carbocycles. The predicted molar refractivity (Wildman–Crippen MR) is 128 cm³/mol. The Bertz CT molecular complexity index is 1430. The van der Waals surface area contributed by atoms with Crippen molar-refractivity contribution >= 4 is 21.6 Å². The Morgan fingerprint density at radius 2 is 1.65 bits per heavy atom. The topological polar surface area (TPSA) is 115 Å². The van der Waals surface area contributed by atoms with Crippen molar-refractivity contribution in [2.24, 2.45) is 0 Å². The Labute approximate surface area is 196 Å². The van der Waals surface area contributed by atoms with Crippen molar-refractivity contribution in [1.82, 2.24) is 15.3 Å². The third-order valence-corrected chi connectivity index (χ3v) is 6.91. The van der Waals surface area contributed by atoms with Crippen molar-refractivity contribution in [3.05, 3.63) is 96.6 Å². The van der Waals surface area contributed by atoms with Gasteiger partial charge in [0.25, 0.3) is 5.91 Å². The van der Waals surface area contributed by atoms with Gasteiger partial charge < -0.3 is 11.1 Å². The number of carbonyl (C=O) groups excluding carboxylic acids is 1. The molecular weight excluding hydrogens is 455 g/mol. The number of nitrogens with two attached hydrogens (primary N) is 1. The minimum atomic E-state index is -3.77. The second-order valence-electron chi connectivity index (χ2n) is 7.46. The average Bonchev–Trinajstić information content (AvgIpc) is 2.85. The SMILES string of the molecule is Nc1cnc(-c2ccc(-c3ccccc3S(=O)(=O)CCNC(=O)c3ccccc3)cc2F)cn1. The molecule has 1 heterocycles. The molecule has 9 heteroatoms. The number of aromatic nitrogens is 2. The van der Waals surface area contributed by atoms with Crippen LogP contribution in [0.3, 0.4) is 0 Å². The van der Waals surface area contributed by atoms with Gasteiger partial charge in [-0.15, -0.1) is 0 Å². The number of hydrogen-bond acceptors (Lipinski definition) is 6. The zero-order valence-corrected chi connectivity index (χ0v) is 18.8. The summed E-state index contributed by atoms with van der Waals surface area (Å²) in [4.78, 5) is 20.3. The zero-order chi connectivity index (χ0) is 24.1. The van der Waals surface area contributed by atoms with Crippen molar-refractivity contribution in [3.63, 3.8) is 0 Å². The fraction of sp³-hybridized carbons (Fsp3) is 0.0800. The van der Waals surface area contributed by atoms with Crippen LogP contribution in [0, 0.1) is 5.82 Å². The number of nitrogen functional groups attached to an aromatic ring is 1. The number of nitrogens with zero attached hydrogens (tertiary/aromatic N) is 2. The highest BCUT2D eigenvalue weighted by atomic mass is 32.2. The summed E-state index contributed by atoms with van der Waals surface area (Å²) in [5.74, 6) is -1.00. The van der Waals surface area contributed by atoms with Crippen LogP contribution in [-0.2, 0) is 9.84 Å². The van der Waals surface area contributed by atoms with E-state index < -0.39 is 15.7 Å². The molecule has 3 aromatic carbocycles. The lowest BCUT2D eigenvalue weighted by Crippen LogP contribution is -2.29. The van der Waals surface area contributed by atoms with Crippen LogP contribution < -0.4 is 11.1 Å². The first-order valence-corrected chi connectivity index (χ1v) is 12.0. The normalized spacial score (nSPS) is 11.2. The van der Waals surface area contributed by atoms with Crippen LogP contribution in [-0.4, -0.2) is 36.6 Å². The molecule has 0 atom stereocenters. The molecule has 0 aliphatic carbocycles. The summed E-state index contributed by atoms with van der Waals surface area (Å²) in [6, 6.07) is 19.3. The molecule has 1 aromatic heterocycles. The molecule has 0 bridgehead atoms. The molecule has 0 aliphatic heterocycles. The second kappa shape index (κ2) is 9.80. The first-order valence-electron chi connectivity index (χ1n) is 10.4. The minimum Gasteiger partial charge on any atom is -0.382 e. The second-order valence-corrected chi connectivity index (χ2v) is 9.54. The van der Waals surface area contributed by atoms with E-state index in [1.807, 2.05) is 0 Å². The smallest absolute Gasteiger partial charge is 0.251 e. The van der Waals surface area contributed by atoms with Gasteiger partial charge in [0.2, 0.25) is 0 Å². The lowest BCUT2D eigenvalue weighted by molar-refractivity contribution is 0.0956. The van der Waals surface area contributed by atoms with Gasteiger partial charge in [-0.05, 0) is 35.9 Å². The monoisotopic (exact) mass is 476 g/mol. The number of anilines is 1. The van der Waals surface area contributed by atoms with E-state index in [0.717, 1.165) is 0 Å². The number of benzene rings is 3. The Hall–Kier alpha value is -4.11. The Morgan fingerprint density at radius 1 is 0.912 bits per heavy atom. The molecule has 0 aliphatic rings. The highest BCUT2D eigenvalue weighted by Gasteiger charge is 2.20. The molecule has 0 spiro atoms. The third-order valence-electron chi connectivity index (χ3n) is 5.14. The van der Waals surface area contributed by atoms with Gasteiger partial charge in [-0.25, -0.2) is 17.8 Å². The maximum absolute atomic E-state index is 14.9. The van der Waals surface area contributed by atoms with Gasteiger partial charge in [-0.1, -0.05) is 42.5 Å². The highest BCUT2D eigenvalue weighted by molar-refractivity contribution is 7.91. The summed E-state index contributed by atoms with van der Waals surface area (Å²) >= 11 is 0. The molecule has 4 rings (SSSR count). The van der Waals surface area contributed by atoms with E-state index in [1.54, 1.807) is 54.6 Å². The van der Waals surface area contributed by atoms with Gasteiger partial charge in [0.15, 0.2) is 9.84 Å². The van der Waals surface area contributed by atoms with E-state index in [-0.39, 0.29) is 34.5 Å². The Morgan fingerprint density at radius 3 is 2.35 bits per heavy atom. The first-order chi connectivity index (χ1) is 16.3. The van der Waals surface area contributed by atoms with E-state index in [0.29, 0.717) is 22.4 Å². The van der Waals surface area contributed by atoms with E-state index >= 15 is 0 Å². The lowest BCUT2D eigenvalue weighted by atomic mass is 10.0. The van der Waals surface area contributed by atoms with Gasteiger partial charge in [0.1, 0.15) is 11.6 Å². The van der Waals surface area contributed by atoms with E-state index in [9.17, 15) is 17.6 Å². The number of carbonyl (C=O) groups is 1. The molecule has 172 valence electrons. The minimum absolute atomic E-state index is 0.0587. The van der Waals surface area contributed by atoms with Crippen LogP contribution in [0.2, 0.25) is 0 Å². The predicted octanol–water partition coefficient (Wildman–Crippen LogP) is 3.74. The molecule has 0 radical (unpaired) electrons. The first kappa shape index (κ1) is 23.1. The van der Waals surface area contributed by atoms with Gasteiger partial charge in [-0.3, -0.25) is 9.78 Å². The molecule has 1 amide bonds. The Kier molecular flexibility index (Phi) is 6.65. The van der Waals surface area contributed by atoms with Gasteiger partial charge >= 0.3 is 0 Å². The van der Waals surface area contributed by atoms with Crippen molar-refractivity contribution < 1.29 is 17.6 Å². The van der Waals surface area contributed by atoms with Crippen LogP contribution in [0.15, 0.2) is 90.1 Å². The number of sulfone groups is 1. The van der Waals surface area contributed by atoms with Crippen molar-refractivity contribution in [2.45, 2.75) is 4.90 Å². The zero-order valence-electron chi connectivity index (χ0n) is 18.0. The maximum atomic E-state index is 14.9. The number of rotatable bonds is 7. The molecule has 34 heavy (non-hydrogen) atoms. The quantitative estimate of drug-likeness (QED) is 0.420. The van der Waals surface area contributed by atoms with Crippen LogP contribution in [0.1, 0.15) is 10.4 Å². The van der Waals surface area contributed by atoms with E-state index in [2.05, 4.69) is 15.3 Å². The van der Waals surface area contributed by atoms with Gasteiger partial charge in [0.05, 0.1) is 28.7 Å². The molecule has 0 fully saturated rings. The number of hydrogen-bond donors (Lipinski definition) is 2. The standard InChI is InChI=1S/C25H21FN4O3S/c26-21-14-18(10-11-20(21)22-15-30-24(27)16-29-22)19-8-4-5-9-23(19)34(32,33)13-12-28-25(31)17-6-2-1-3-7-17/h1-11,14-16H,12-13H2,(H2,27,30)(H,28,31). The largest absolute Gasteiger partial charge is 0.382 e. The molecule has 0 unspecified atom stereocenters. The molecule has 7 nitrogen and oxygen atoms in total. The molecule has 3 N–H and O–H groups in total. The van der Waals surface area contributed by atoms with Crippen molar-refractivity contribution in [1.29, 1.82) is 0 Å². The fourth-order valence-corrected chi connectivity index (χ4v) is 4.84. The summed E-state index contributed by atoms with van der Waals surface area (Å²) in [6.07, 6.45) is 2.71. The maximum Gasteiger partial charge on any atom is 0.251 e. The van der Waals surface area contributed by atoms with E-state index in [1.165, 1.54) is 30.6 Å². The lowest BCUT2D eigenvalue weighted by Gasteiger charge is -2.12. The van der Waals surface area contributed by atoms with Crippen molar-refractivity contribution in [3.8, 4) is 22.4 Å². The van der Waals surface area contributed by atoms with Gasteiger partial charge in [-0.2, -0.15) is 0 Å². The summed E-state index contributed by atoms with van der Waals surface area (Å²) in [6.45, 7) is -0.0620. The Balaban J connectivity index is 1.55. The van der Waals surface area contributed by atoms with Crippen LogP contribution in [0.4, 0.5) is 10.2 Å². The molecule has 0 saturated heterocycles. The molecule has 4 aromatic rings. The number of amides is 1. The average molecular weight is 477 g/mol. The highest BCUT2D eigenvalue weighted by Crippen LogP contribution is 2.31. The van der Waals surface area contributed by atoms with E-state index in [4.69, 9.17) is 5.73 Å². The summed E-state index contributed by atoms with van der Waals surface area (Å²) in [5.41, 5.74) is 7.28. The third kappa shape index (κ3) is 5.10. The van der Waals surface area contributed by atoms with Gasteiger partial charge in [0, 0.05) is 23.2 Å².